The summed E-state index contributed by atoms with van der Waals surface area (Å²) in [6.45, 7) is 0. The van der Waals surface area contributed by atoms with Gasteiger partial charge in [0.05, 0.1) is 5.69 Å². The molecule has 88 valence electrons. The molecule has 1 aromatic rings. The second kappa shape index (κ2) is 4.69. The van der Waals surface area contributed by atoms with Gasteiger partial charge in [-0.3, -0.25) is 0 Å². The van der Waals surface area contributed by atoms with Gasteiger partial charge in [-0.1, -0.05) is 0 Å². The number of ether oxygens (including phenoxy) is 2. The van der Waals surface area contributed by atoms with Crippen LogP contribution in [-0.2, 0) is 9.47 Å². The highest BCUT2D eigenvalue weighted by Crippen LogP contribution is 2.45. The summed E-state index contributed by atoms with van der Waals surface area (Å²) >= 11 is 3.33. The summed E-state index contributed by atoms with van der Waals surface area (Å²) < 4.78 is 11.2. The Kier molecular flexibility index (Phi) is 3.47. The number of halogens is 1. The highest BCUT2D eigenvalue weighted by molar-refractivity contribution is 9.10. The van der Waals surface area contributed by atoms with Crippen LogP contribution in [0.2, 0.25) is 0 Å². The standard InChI is InChI=1S/C11H15BrN2O2/c1-15-11(16-2)8-7(6-3-4-6)5-14-10(12)9(8)13/h5-6,11H,3-4,13H2,1-2H3. The summed E-state index contributed by atoms with van der Waals surface area (Å²) in [6, 6.07) is 0. The monoisotopic (exact) mass is 286 g/mol. The highest BCUT2D eigenvalue weighted by Gasteiger charge is 2.31. The lowest BCUT2D eigenvalue weighted by molar-refractivity contribution is -0.106. The third-order valence-electron chi connectivity index (χ3n) is 2.82. The zero-order valence-electron chi connectivity index (χ0n) is 9.37. The Bertz CT molecular complexity index is 390. The topological polar surface area (TPSA) is 57.4 Å². The molecule has 1 aliphatic rings. The molecule has 0 bridgehead atoms. The highest BCUT2D eigenvalue weighted by atomic mass is 79.9. The molecule has 2 rings (SSSR count). The van der Waals surface area contributed by atoms with Gasteiger partial charge in [-0.25, -0.2) is 4.98 Å². The van der Waals surface area contributed by atoms with Crippen LogP contribution in [0.15, 0.2) is 10.8 Å². The molecule has 1 aromatic heterocycles. The summed E-state index contributed by atoms with van der Waals surface area (Å²) in [6.07, 6.45) is 3.82. The van der Waals surface area contributed by atoms with Gasteiger partial charge >= 0.3 is 0 Å². The minimum Gasteiger partial charge on any atom is -0.396 e. The Labute approximate surface area is 103 Å². The normalized spacial score (nSPS) is 15.8. The van der Waals surface area contributed by atoms with Gasteiger partial charge in [0.25, 0.3) is 0 Å². The second-order valence-electron chi connectivity index (χ2n) is 3.91. The van der Waals surface area contributed by atoms with E-state index in [4.69, 9.17) is 15.2 Å². The lowest BCUT2D eigenvalue weighted by atomic mass is 10.0. The van der Waals surface area contributed by atoms with Crippen molar-refractivity contribution in [2.75, 3.05) is 20.0 Å². The van der Waals surface area contributed by atoms with E-state index in [1.165, 1.54) is 12.8 Å². The third-order valence-corrected chi connectivity index (χ3v) is 3.45. The molecule has 4 nitrogen and oxygen atoms in total. The Balaban J connectivity index is 2.48. The predicted octanol–water partition coefficient (Wildman–Crippen LogP) is 2.60. The van der Waals surface area contributed by atoms with Crippen LogP contribution in [0.25, 0.3) is 0 Å². The molecule has 0 radical (unpaired) electrons. The molecule has 1 aliphatic carbocycles. The number of nitrogens with two attached hydrogens (primary N) is 1. The van der Waals surface area contributed by atoms with Gasteiger partial charge in [0, 0.05) is 26.0 Å². The second-order valence-corrected chi connectivity index (χ2v) is 4.66. The molecule has 1 fully saturated rings. The van der Waals surface area contributed by atoms with E-state index in [1.807, 2.05) is 6.20 Å². The van der Waals surface area contributed by atoms with E-state index in [0.29, 0.717) is 16.2 Å². The van der Waals surface area contributed by atoms with Crippen molar-refractivity contribution in [3.8, 4) is 0 Å². The molecule has 0 atom stereocenters. The molecule has 0 amide bonds. The van der Waals surface area contributed by atoms with Gasteiger partial charge in [0.1, 0.15) is 4.60 Å². The van der Waals surface area contributed by atoms with Crippen LogP contribution in [-0.4, -0.2) is 19.2 Å². The van der Waals surface area contributed by atoms with Crippen molar-refractivity contribution < 1.29 is 9.47 Å². The number of nitrogens with zero attached hydrogens (tertiary/aromatic N) is 1. The number of hydrogen-bond donors (Lipinski definition) is 1. The molecule has 16 heavy (non-hydrogen) atoms. The molecule has 0 saturated heterocycles. The maximum atomic E-state index is 6.03. The quantitative estimate of drug-likeness (QED) is 0.683. The molecular weight excluding hydrogens is 272 g/mol. The Morgan fingerprint density at radius 2 is 2.06 bits per heavy atom. The summed E-state index contributed by atoms with van der Waals surface area (Å²) in [5.74, 6) is 0.561. The van der Waals surface area contributed by atoms with Crippen molar-refractivity contribution in [1.29, 1.82) is 0 Å². The van der Waals surface area contributed by atoms with Crippen molar-refractivity contribution in [3.63, 3.8) is 0 Å². The number of anilines is 1. The lowest BCUT2D eigenvalue weighted by Crippen LogP contribution is -2.11. The maximum Gasteiger partial charge on any atom is 0.185 e. The van der Waals surface area contributed by atoms with Gasteiger partial charge in [0.2, 0.25) is 0 Å². The summed E-state index contributed by atoms with van der Waals surface area (Å²) in [7, 11) is 3.22. The van der Waals surface area contributed by atoms with Gasteiger partial charge in [-0.2, -0.15) is 0 Å². The molecule has 1 saturated carbocycles. The van der Waals surface area contributed by atoms with Crippen molar-refractivity contribution in [1.82, 2.24) is 4.98 Å². The van der Waals surface area contributed by atoms with Gasteiger partial charge in [-0.15, -0.1) is 0 Å². The van der Waals surface area contributed by atoms with Crippen LogP contribution in [0.3, 0.4) is 0 Å². The molecule has 2 N–H and O–H groups in total. The van der Waals surface area contributed by atoms with Crippen LogP contribution in [0.4, 0.5) is 5.69 Å². The average molecular weight is 287 g/mol. The predicted molar refractivity (Wildman–Crippen MR) is 65.1 cm³/mol. The molecule has 0 aromatic carbocycles. The first-order chi connectivity index (χ1) is 7.69. The Morgan fingerprint density at radius 3 is 2.56 bits per heavy atom. The fourth-order valence-electron chi connectivity index (χ4n) is 1.85. The van der Waals surface area contributed by atoms with E-state index < -0.39 is 6.29 Å². The van der Waals surface area contributed by atoms with Crippen LogP contribution >= 0.6 is 15.9 Å². The lowest BCUT2D eigenvalue weighted by Gasteiger charge is -2.20. The van der Waals surface area contributed by atoms with Crippen LogP contribution in [0.5, 0.6) is 0 Å². The first kappa shape index (κ1) is 11.8. The number of nitrogen functional groups attached to an aromatic ring is 1. The summed E-state index contributed by atoms with van der Waals surface area (Å²) in [5, 5.41) is 0. The minimum atomic E-state index is -0.421. The zero-order chi connectivity index (χ0) is 11.7. The van der Waals surface area contributed by atoms with Gasteiger partial charge in [-0.05, 0) is 40.3 Å². The number of methoxy groups -OCH3 is 2. The molecule has 0 spiro atoms. The summed E-state index contributed by atoms with van der Waals surface area (Å²) in [4.78, 5) is 4.23. The molecule has 0 aliphatic heterocycles. The zero-order valence-corrected chi connectivity index (χ0v) is 11.0. The molecule has 5 heteroatoms. The van der Waals surface area contributed by atoms with Crippen molar-refractivity contribution in [3.05, 3.63) is 21.9 Å². The first-order valence-electron chi connectivity index (χ1n) is 5.18. The molecule has 0 unspecified atom stereocenters. The van der Waals surface area contributed by atoms with Crippen molar-refractivity contribution >= 4 is 21.6 Å². The van der Waals surface area contributed by atoms with E-state index in [-0.39, 0.29) is 0 Å². The largest absolute Gasteiger partial charge is 0.396 e. The SMILES string of the molecule is COC(OC)c1c(C2CC2)cnc(Br)c1N. The maximum absolute atomic E-state index is 6.03. The van der Waals surface area contributed by atoms with Gasteiger partial charge in [0.15, 0.2) is 6.29 Å². The van der Waals surface area contributed by atoms with Gasteiger partial charge < -0.3 is 15.2 Å². The van der Waals surface area contributed by atoms with E-state index in [0.717, 1.165) is 11.1 Å². The van der Waals surface area contributed by atoms with Crippen molar-refractivity contribution in [2.24, 2.45) is 0 Å². The smallest absolute Gasteiger partial charge is 0.185 e. The van der Waals surface area contributed by atoms with E-state index in [2.05, 4.69) is 20.9 Å². The Hall–Kier alpha value is -0.650. The fourth-order valence-corrected chi connectivity index (χ4v) is 2.16. The number of aromatic nitrogens is 1. The first-order valence-corrected chi connectivity index (χ1v) is 5.97. The van der Waals surface area contributed by atoms with E-state index in [9.17, 15) is 0 Å². The average Bonchev–Trinajstić information content (AvgIpc) is 3.10. The van der Waals surface area contributed by atoms with Crippen LogP contribution in [0.1, 0.15) is 36.2 Å². The number of hydrogen-bond acceptors (Lipinski definition) is 4. The van der Waals surface area contributed by atoms with Crippen LogP contribution in [0, 0.1) is 0 Å². The number of pyridine rings is 1. The van der Waals surface area contributed by atoms with Crippen LogP contribution < -0.4 is 5.73 Å². The fraction of sp³-hybridized carbons (Fsp3) is 0.545. The Morgan fingerprint density at radius 1 is 1.44 bits per heavy atom. The minimum absolute atomic E-state index is 0.421. The van der Waals surface area contributed by atoms with E-state index >= 15 is 0 Å². The number of rotatable bonds is 4. The molecular formula is C11H15BrN2O2. The third kappa shape index (κ3) is 2.07. The molecule has 1 heterocycles. The van der Waals surface area contributed by atoms with E-state index in [1.54, 1.807) is 14.2 Å². The van der Waals surface area contributed by atoms with Crippen molar-refractivity contribution in [2.45, 2.75) is 25.0 Å². The summed E-state index contributed by atoms with van der Waals surface area (Å²) in [5.41, 5.74) is 8.70.